The smallest absolute Gasteiger partial charge is 0.243 e. The van der Waals surface area contributed by atoms with Gasteiger partial charge in [0, 0.05) is 5.92 Å². The first-order valence-corrected chi connectivity index (χ1v) is 8.18. The molecule has 1 aromatic heterocycles. The average Bonchev–Trinajstić information content (AvgIpc) is 3.04. The quantitative estimate of drug-likeness (QED) is 0.848. The highest BCUT2D eigenvalue weighted by Crippen LogP contribution is 2.24. The second-order valence-corrected chi connectivity index (χ2v) is 6.36. The van der Waals surface area contributed by atoms with Gasteiger partial charge in [-0.05, 0) is 30.9 Å². The number of carbonyl (C=O) groups is 2. The van der Waals surface area contributed by atoms with E-state index in [1.54, 1.807) is 12.3 Å². The number of nitrogens with one attached hydrogen (secondary N) is 2. The maximum Gasteiger partial charge on any atom is 0.243 e. The van der Waals surface area contributed by atoms with E-state index >= 15 is 0 Å². The summed E-state index contributed by atoms with van der Waals surface area (Å²) in [5, 5.41) is 5.76. The molecule has 1 saturated carbocycles. The number of furan rings is 1. The van der Waals surface area contributed by atoms with Crippen LogP contribution >= 0.6 is 0 Å². The Balaban J connectivity index is 1.87. The molecule has 0 aliphatic heterocycles. The Bertz CT molecular complexity index is 476. The second-order valence-electron chi connectivity index (χ2n) is 6.36. The van der Waals surface area contributed by atoms with E-state index in [-0.39, 0.29) is 23.7 Å². The fourth-order valence-electron chi connectivity index (χ4n) is 2.87. The molecule has 0 saturated heterocycles. The van der Waals surface area contributed by atoms with Crippen molar-refractivity contribution in [1.82, 2.24) is 10.6 Å². The fraction of sp³-hybridized carbons (Fsp3) is 0.647. The Labute approximate surface area is 131 Å². The molecule has 22 heavy (non-hydrogen) atoms. The third-order valence-electron chi connectivity index (χ3n) is 4.24. The van der Waals surface area contributed by atoms with Crippen LogP contribution < -0.4 is 10.6 Å². The van der Waals surface area contributed by atoms with Crippen LogP contribution in [0.4, 0.5) is 0 Å². The van der Waals surface area contributed by atoms with E-state index in [1.807, 2.05) is 19.9 Å². The molecule has 2 amide bonds. The SMILES string of the molecule is CC(C)C(NC(=O)C1CCCCC1)C(=O)NCc1ccco1. The highest BCUT2D eigenvalue weighted by atomic mass is 16.3. The zero-order valence-electron chi connectivity index (χ0n) is 13.4. The van der Waals surface area contributed by atoms with Gasteiger partial charge in [0.1, 0.15) is 11.8 Å². The summed E-state index contributed by atoms with van der Waals surface area (Å²) in [7, 11) is 0. The predicted molar refractivity (Wildman–Crippen MR) is 83.9 cm³/mol. The van der Waals surface area contributed by atoms with E-state index in [9.17, 15) is 9.59 Å². The van der Waals surface area contributed by atoms with Crippen molar-refractivity contribution < 1.29 is 14.0 Å². The predicted octanol–water partition coefficient (Wildman–Crippen LogP) is 2.62. The normalized spacial score (nSPS) is 17.2. The fourth-order valence-corrected chi connectivity index (χ4v) is 2.87. The molecule has 1 aromatic rings. The molecule has 0 bridgehead atoms. The van der Waals surface area contributed by atoms with E-state index in [4.69, 9.17) is 4.42 Å². The molecule has 0 aromatic carbocycles. The van der Waals surface area contributed by atoms with Crippen molar-refractivity contribution in [3.63, 3.8) is 0 Å². The monoisotopic (exact) mass is 306 g/mol. The van der Waals surface area contributed by atoms with Gasteiger partial charge in [0.15, 0.2) is 0 Å². The Kier molecular flexibility index (Phi) is 6.04. The summed E-state index contributed by atoms with van der Waals surface area (Å²) in [6.45, 7) is 4.23. The van der Waals surface area contributed by atoms with Crippen molar-refractivity contribution in [2.75, 3.05) is 0 Å². The van der Waals surface area contributed by atoms with Gasteiger partial charge < -0.3 is 15.1 Å². The van der Waals surface area contributed by atoms with Crippen LogP contribution in [0, 0.1) is 11.8 Å². The second kappa shape index (κ2) is 8.01. The van der Waals surface area contributed by atoms with Crippen LogP contribution in [0.2, 0.25) is 0 Å². The molecule has 2 rings (SSSR count). The van der Waals surface area contributed by atoms with Crippen molar-refractivity contribution in [2.45, 2.75) is 58.5 Å². The lowest BCUT2D eigenvalue weighted by molar-refractivity contribution is -0.132. The van der Waals surface area contributed by atoms with Gasteiger partial charge in [-0.25, -0.2) is 0 Å². The summed E-state index contributed by atoms with van der Waals surface area (Å²) >= 11 is 0. The molecule has 2 N–H and O–H groups in total. The maximum absolute atomic E-state index is 12.3. The summed E-state index contributed by atoms with van der Waals surface area (Å²) in [5.41, 5.74) is 0. The standard InChI is InChI=1S/C17H26N2O3/c1-12(2)15(17(21)18-11-14-9-6-10-22-14)19-16(20)13-7-4-3-5-8-13/h6,9-10,12-13,15H,3-5,7-8,11H2,1-2H3,(H,18,21)(H,19,20). The van der Waals surface area contributed by atoms with E-state index in [0.717, 1.165) is 25.7 Å². The summed E-state index contributed by atoms with van der Waals surface area (Å²) < 4.78 is 5.20. The van der Waals surface area contributed by atoms with E-state index < -0.39 is 6.04 Å². The third kappa shape index (κ3) is 4.61. The van der Waals surface area contributed by atoms with Crippen LogP contribution in [0.3, 0.4) is 0 Å². The lowest BCUT2D eigenvalue weighted by Crippen LogP contribution is -2.51. The van der Waals surface area contributed by atoms with Crippen LogP contribution in [-0.4, -0.2) is 17.9 Å². The maximum atomic E-state index is 12.3. The molecule has 5 heteroatoms. The molecule has 122 valence electrons. The van der Waals surface area contributed by atoms with Gasteiger partial charge in [0.2, 0.25) is 11.8 Å². The van der Waals surface area contributed by atoms with E-state index in [2.05, 4.69) is 10.6 Å². The van der Waals surface area contributed by atoms with Gasteiger partial charge in [0.25, 0.3) is 0 Å². The molecular weight excluding hydrogens is 280 g/mol. The van der Waals surface area contributed by atoms with Crippen LogP contribution in [0.1, 0.15) is 51.7 Å². The van der Waals surface area contributed by atoms with Gasteiger partial charge in [-0.2, -0.15) is 0 Å². The minimum absolute atomic E-state index is 0.0200. The average molecular weight is 306 g/mol. The highest BCUT2D eigenvalue weighted by molar-refractivity contribution is 5.88. The van der Waals surface area contributed by atoms with Gasteiger partial charge in [-0.15, -0.1) is 0 Å². The Hall–Kier alpha value is -1.78. The molecule has 1 unspecified atom stereocenters. The Morgan fingerprint density at radius 1 is 1.27 bits per heavy atom. The Morgan fingerprint density at radius 3 is 2.59 bits per heavy atom. The first kappa shape index (κ1) is 16.6. The van der Waals surface area contributed by atoms with Crippen LogP contribution in [0.25, 0.3) is 0 Å². The molecule has 1 fully saturated rings. The van der Waals surface area contributed by atoms with Crippen molar-refractivity contribution in [3.8, 4) is 0 Å². The van der Waals surface area contributed by atoms with E-state index in [0.29, 0.717) is 12.3 Å². The lowest BCUT2D eigenvalue weighted by atomic mass is 9.88. The number of hydrogen-bond donors (Lipinski definition) is 2. The summed E-state index contributed by atoms with van der Waals surface area (Å²) in [4.78, 5) is 24.7. The topological polar surface area (TPSA) is 71.3 Å². The number of hydrogen-bond acceptors (Lipinski definition) is 3. The molecule has 1 aliphatic rings. The zero-order chi connectivity index (χ0) is 15.9. The first-order chi connectivity index (χ1) is 10.6. The van der Waals surface area contributed by atoms with Crippen LogP contribution in [0.15, 0.2) is 22.8 Å². The van der Waals surface area contributed by atoms with Gasteiger partial charge in [0.05, 0.1) is 12.8 Å². The number of amides is 2. The largest absolute Gasteiger partial charge is 0.467 e. The molecule has 0 spiro atoms. The molecule has 1 heterocycles. The van der Waals surface area contributed by atoms with Crippen molar-refractivity contribution in [2.24, 2.45) is 11.8 Å². The lowest BCUT2D eigenvalue weighted by Gasteiger charge is -2.26. The van der Waals surface area contributed by atoms with Crippen LogP contribution in [-0.2, 0) is 16.1 Å². The molecule has 1 aliphatic carbocycles. The van der Waals surface area contributed by atoms with Crippen molar-refractivity contribution in [3.05, 3.63) is 24.2 Å². The van der Waals surface area contributed by atoms with E-state index in [1.165, 1.54) is 6.42 Å². The molecule has 1 atom stereocenters. The van der Waals surface area contributed by atoms with Gasteiger partial charge in [-0.3, -0.25) is 9.59 Å². The third-order valence-corrected chi connectivity index (χ3v) is 4.24. The summed E-state index contributed by atoms with van der Waals surface area (Å²) in [5.74, 6) is 0.675. The highest BCUT2D eigenvalue weighted by Gasteiger charge is 2.28. The molecular formula is C17H26N2O3. The van der Waals surface area contributed by atoms with Gasteiger partial charge >= 0.3 is 0 Å². The Morgan fingerprint density at radius 2 is 2.00 bits per heavy atom. The summed E-state index contributed by atoms with van der Waals surface area (Å²) in [6.07, 6.45) is 6.87. The number of carbonyl (C=O) groups excluding carboxylic acids is 2. The molecule has 5 nitrogen and oxygen atoms in total. The summed E-state index contributed by atoms with van der Waals surface area (Å²) in [6, 6.07) is 3.10. The first-order valence-electron chi connectivity index (χ1n) is 8.18. The molecule has 0 radical (unpaired) electrons. The van der Waals surface area contributed by atoms with Gasteiger partial charge in [-0.1, -0.05) is 33.1 Å². The zero-order valence-corrected chi connectivity index (χ0v) is 13.4. The van der Waals surface area contributed by atoms with Crippen molar-refractivity contribution in [1.29, 1.82) is 0 Å². The minimum atomic E-state index is -0.496. The van der Waals surface area contributed by atoms with Crippen molar-refractivity contribution >= 4 is 11.8 Å². The van der Waals surface area contributed by atoms with Crippen LogP contribution in [0.5, 0.6) is 0 Å². The minimum Gasteiger partial charge on any atom is -0.467 e. The number of rotatable bonds is 6.